The number of methoxy groups -OCH3 is 1. The van der Waals surface area contributed by atoms with Gasteiger partial charge in [-0.25, -0.2) is 0 Å². The van der Waals surface area contributed by atoms with E-state index in [-0.39, 0.29) is 5.91 Å². The van der Waals surface area contributed by atoms with Gasteiger partial charge in [0.25, 0.3) is 5.91 Å². The highest BCUT2D eigenvalue weighted by Gasteiger charge is 2.13. The van der Waals surface area contributed by atoms with Gasteiger partial charge in [-0.05, 0) is 48.4 Å². The summed E-state index contributed by atoms with van der Waals surface area (Å²) in [7, 11) is 1.55. The van der Waals surface area contributed by atoms with E-state index in [0.717, 1.165) is 22.1 Å². The van der Waals surface area contributed by atoms with Crippen LogP contribution in [0.25, 0.3) is 0 Å². The second-order valence-electron chi connectivity index (χ2n) is 4.56. The Morgan fingerprint density at radius 2 is 2.05 bits per heavy atom. The topological polar surface area (TPSA) is 64.3 Å². The summed E-state index contributed by atoms with van der Waals surface area (Å²) >= 11 is 3.43. The first-order chi connectivity index (χ1) is 10.0. The van der Waals surface area contributed by atoms with Crippen molar-refractivity contribution in [2.45, 2.75) is 13.3 Å². The summed E-state index contributed by atoms with van der Waals surface area (Å²) in [6.07, 6.45) is 0.822. The Morgan fingerprint density at radius 3 is 2.71 bits per heavy atom. The highest BCUT2D eigenvalue weighted by Crippen LogP contribution is 2.24. The number of amides is 1. The number of aryl methyl sites for hydroxylation is 1. The number of benzene rings is 2. The van der Waals surface area contributed by atoms with Gasteiger partial charge in [-0.15, -0.1) is 0 Å². The molecular formula is C16H17BrN2O2. The van der Waals surface area contributed by atoms with Crippen molar-refractivity contribution in [3.05, 3.63) is 52.0 Å². The van der Waals surface area contributed by atoms with Crippen molar-refractivity contribution >= 4 is 33.2 Å². The molecule has 4 nitrogen and oxygen atoms in total. The molecule has 0 atom stereocenters. The SMILES string of the molecule is CCc1cc(Br)ccc1NC(=O)c1cc(OC)ccc1N. The zero-order valence-electron chi connectivity index (χ0n) is 11.9. The summed E-state index contributed by atoms with van der Waals surface area (Å²) in [6.45, 7) is 2.04. The lowest BCUT2D eigenvalue weighted by molar-refractivity contribution is 0.102. The number of nitrogens with two attached hydrogens (primary N) is 1. The van der Waals surface area contributed by atoms with Crippen LogP contribution >= 0.6 is 15.9 Å². The number of nitrogen functional groups attached to an aromatic ring is 1. The van der Waals surface area contributed by atoms with Crippen LogP contribution in [0.1, 0.15) is 22.8 Å². The van der Waals surface area contributed by atoms with Gasteiger partial charge in [-0.1, -0.05) is 22.9 Å². The quantitative estimate of drug-likeness (QED) is 0.824. The molecule has 0 heterocycles. The molecule has 0 aliphatic carbocycles. The monoisotopic (exact) mass is 348 g/mol. The minimum Gasteiger partial charge on any atom is -0.497 e. The largest absolute Gasteiger partial charge is 0.497 e. The summed E-state index contributed by atoms with van der Waals surface area (Å²) in [4.78, 5) is 12.4. The normalized spacial score (nSPS) is 10.2. The van der Waals surface area contributed by atoms with E-state index in [4.69, 9.17) is 10.5 Å². The predicted octanol–water partition coefficient (Wildman–Crippen LogP) is 3.85. The molecule has 2 rings (SSSR count). The van der Waals surface area contributed by atoms with Crippen LogP contribution in [0.3, 0.4) is 0 Å². The molecule has 0 saturated carbocycles. The summed E-state index contributed by atoms with van der Waals surface area (Å²) in [5, 5.41) is 2.90. The van der Waals surface area contributed by atoms with E-state index in [2.05, 4.69) is 21.2 Å². The lowest BCUT2D eigenvalue weighted by atomic mass is 10.1. The first kappa shape index (κ1) is 15.4. The van der Waals surface area contributed by atoms with Gasteiger partial charge in [0.2, 0.25) is 0 Å². The molecule has 1 amide bonds. The number of rotatable bonds is 4. The predicted molar refractivity (Wildman–Crippen MR) is 88.9 cm³/mol. The Kier molecular flexibility index (Phi) is 4.85. The van der Waals surface area contributed by atoms with Gasteiger partial charge in [0, 0.05) is 15.8 Å². The van der Waals surface area contributed by atoms with Crippen molar-refractivity contribution in [2.24, 2.45) is 0 Å². The van der Waals surface area contributed by atoms with Crippen LogP contribution in [0.5, 0.6) is 5.75 Å². The highest BCUT2D eigenvalue weighted by molar-refractivity contribution is 9.10. The molecule has 0 aromatic heterocycles. The minimum atomic E-state index is -0.247. The molecule has 0 unspecified atom stereocenters. The molecule has 110 valence electrons. The molecule has 5 heteroatoms. The Morgan fingerprint density at radius 1 is 1.29 bits per heavy atom. The summed E-state index contributed by atoms with van der Waals surface area (Å²) in [5.41, 5.74) is 8.53. The Balaban J connectivity index is 2.30. The van der Waals surface area contributed by atoms with E-state index in [1.165, 1.54) is 0 Å². The third-order valence-electron chi connectivity index (χ3n) is 3.20. The molecule has 21 heavy (non-hydrogen) atoms. The zero-order valence-corrected chi connectivity index (χ0v) is 13.5. The number of ether oxygens (including phenoxy) is 1. The maximum atomic E-state index is 12.4. The van der Waals surface area contributed by atoms with Crippen molar-refractivity contribution in [3.63, 3.8) is 0 Å². The average Bonchev–Trinajstić information content (AvgIpc) is 2.49. The molecule has 0 bridgehead atoms. The average molecular weight is 349 g/mol. The maximum absolute atomic E-state index is 12.4. The van der Waals surface area contributed by atoms with Crippen molar-refractivity contribution < 1.29 is 9.53 Å². The second kappa shape index (κ2) is 6.63. The third kappa shape index (κ3) is 3.55. The Labute approximate surface area is 132 Å². The van der Waals surface area contributed by atoms with Crippen LogP contribution in [-0.2, 0) is 6.42 Å². The fourth-order valence-corrected chi connectivity index (χ4v) is 2.43. The molecular weight excluding hydrogens is 332 g/mol. The van der Waals surface area contributed by atoms with E-state index < -0.39 is 0 Å². The third-order valence-corrected chi connectivity index (χ3v) is 3.69. The van der Waals surface area contributed by atoms with Gasteiger partial charge >= 0.3 is 0 Å². The zero-order chi connectivity index (χ0) is 15.4. The van der Waals surface area contributed by atoms with Crippen molar-refractivity contribution in [3.8, 4) is 5.75 Å². The molecule has 0 aliphatic heterocycles. The van der Waals surface area contributed by atoms with Crippen LogP contribution in [0.4, 0.5) is 11.4 Å². The van der Waals surface area contributed by atoms with Gasteiger partial charge in [0.05, 0.1) is 12.7 Å². The number of halogens is 1. The number of anilines is 2. The van der Waals surface area contributed by atoms with Gasteiger partial charge in [0.15, 0.2) is 0 Å². The van der Waals surface area contributed by atoms with E-state index in [1.807, 2.05) is 25.1 Å². The molecule has 2 aromatic rings. The van der Waals surface area contributed by atoms with E-state index in [9.17, 15) is 4.79 Å². The smallest absolute Gasteiger partial charge is 0.257 e. The van der Waals surface area contributed by atoms with Gasteiger partial charge in [-0.2, -0.15) is 0 Å². The standard InChI is InChI=1S/C16H17BrN2O2/c1-3-10-8-11(17)4-7-15(10)19-16(20)13-9-12(21-2)5-6-14(13)18/h4-9H,3,18H2,1-2H3,(H,19,20). The first-order valence-electron chi connectivity index (χ1n) is 6.58. The molecule has 0 fully saturated rings. The number of carbonyl (C=O) groups excluding carboxylic acids is 1. The fraction of sp³-hybridized carbons (Fsp3) is 0.188. The van der Waals surface area contributed by atoms with Gasteiger partial charge in [0.1, 0.15) is 5.75 Å². The van der Waals surface area contributed by atoms with Crippen LogP contribution < -0.4 is 15.8 Å². The van der Waals surface area contributed by atoms with Crippen molar-refractivity contribution in [1.82, 2.24) is 0 Å². The Bertz CT molecular complexity index is 671. The lowest BCUT2D eigenvalue weighted by Gasteiger charge is -2.12. The minimum absolute atomic E-state index is 0.247. The fourth-order valence-electron chi connectivity index (χ4n) is 2.03. The number of hydrogen-bond acceptors (Lipinski definition) is 3. The van der Waals surface area contributed by atoms with Crippen LogP contribution in [0.2, 0.25) is 0 Å². The summed E-state index contributed by atoms with van der Waals surface area (Å²) in [6, 6.07) is 10.8. The number of nitrogens with one attached hydrogen (secondary N) is 1. The second-order valence-corrected chi connectivity index (χ2v) is 5.48. The van der Waals surface area contributed by atoms with Crippen molar-refractivity contribution in [1.29, 1.82) is 0 Å². The van der Waals surface area contributed by atoms with Crippen LogP contribution in [0.15, 0.2) is 40.9 Å². The van der Waals surface area contributed by atoms with Gasteiger partial charge in [-0.3, -0.25) is 4.79 Å². The molecule has 0 radical (unpaired) electrons. The van der Waals surface area contributed by atoms with Crippen LogP contribution in [0, 0.1) is 0 Å². The highest BCUT2D eigenvalue weighted by atomic mass is 79.9. The van der Waals surface area contributed by atoms with E-state index in [1.54, 1.807) is 25.3 Å². The molecule has 0 aliphatic rings. The molecule has 0 saturated heterocycles. The van der Waals surface area contributed by atoms with E-state index in [0.29, 0.717) is 17.0 Å². The summed E-state index contributed by atoms with van der Waals surface area (Å²) in [5.74, 6) is 0.351. The summed E-state index contributed by atoms with van der Waals surface area (Å²) < 4.78 is 6.11. The van der Waals surface area contributed by atoms with Gasteiger partial charge < -0.3 is 15.8 Å². The maximum Gasteiger partial charge on any atom is 0.257 e. The first-order valence-corrected chi connectivity index (χ1v) is 7.37. The molecule has 3 N–H and O–H groups in total. The van der Waals surface area contributed by atoms with Crippen molar-refractivity contribution in [2.75, 3.05) is 18.2 Å². The van der Waals surface area contributed by atoms with E-state index >= 15 is 0 Å². The lowest BCUT2D eigenvalue weighted by Crippen LogP contribution is -2.15. The van der Waals surface area contributed by atoms with Crippen LogP contribution in [-0.4, -0.2) is 13.0 Å². The Hall–Kier alpha value is -2.01. The molecule has 2 aromatic carbocycles. The number of hydrogen-bond donors (Lipinski definition) is 2. The number of carbonyl (C=O) groups is 1. The molecule has 0 spiro atoms.